The van der Waals surface area contributed by atoms with E-state index in [0.717, 1.165) is 5.56 Å². The molecule has 1 aromatic carbocycles. The Labute approximate surface area is 139 Å². The first kappa shape index (κ1) is 17.1. The van der Waals surface area contributed by atoms with Crippen molar-refractivity contribution in [3.05, 3.63) is 54.1 Å². The summed E-state index contributed by atoms with van der Waals surface area (Å²) < 4.78 is 4.98. The van der Waals surface area contributed by atoms with Gasteiger partial charge in [-0.05, 0) is 19.1 Å². The summed E-state index contributed by atoms with van der Waals surface area (Å²) >= 11 is 0. The van der Waals surface area contributed by atoms with Crippen molar-refractivity contribution < 1.29 is 14.3 Å². The van der Waals surface area contributed by atoms with Gasteiger partial charge in [0.15, 0.2) is 12.3 Å². The van der Waals surface area contributed by atoms with Gasteiger partial charge in [0.25, 0.3) is 5.91 Å². The number of rotatable bonds is 6. The number of amides is 1. The van der Waals surface area contributed by atoms with Gasteiger partial charge in [-0.3, -0.25) is 9.78 Å². The van der Waals surface area contributed by atoms with Crippen molar-refractivity contribution in [3.63, 3.8) is 0 Å². The molecule has 1 amide bonds. The Morgan fingerprint density at radius 2 is 2.00 bits per heavy atom. The summed E-state index contributed by atoms with van der Waals surface area (Å²) in [5, 5.41) is 8.77. The van der Waals surface area contributed by atoms with Crippen LogP contribution in [0.2, 0.25) is 0 Å². The lowest BCUT2D eigenvalue weighted by Gasteiger charge is -2.21. The molecule has 2 aromatic rings. The Morgan fingerprint density at radius 1 is 1.25 bits per heavy atom. The Kier molecular flexibility index (Phi) is 5.97. The van der Waals surface area contributed by atoms with E-state index in [2.05, 4.69) is 9.97 Å². The number of esters is 1. The molecule has 0 fully saturated rings. The van der Waals surface area contributed by atoms with Gasteiger partial charge < -0.3 is 9.64 Å². The molecule has 0 spiro atoms. The maximum absolute atomic E-state index is 12.4. The minimum atomic E-state index is -0.722. The number of hydrogen-bond acceptors (Lipinski definition) is 6. The zero-order valence-electron chi connectivity index (χ0n) is 13.2. The second-order valence-electron chi connectivity index (χ2n) is 4.96. The van der Waals surface area contributed by atoms with Gasteiger partial charge in [0, 0.05) is 24.6 Å². The Balaban J connectivity index is 2.03. The third-order valence-corrected chi connectivity index (χ3v) is 3.19. The van der Waals surface area contributed by atoms with Crippen molar-refractivity contribution in [1.29, 1.82) is 5.26 Å². The molecular formula is C17H16N4O3. The summed E-state index contributed by atoms with van der Waals surface area (Å²) in [6.45, 7) is 1.73. The van der Waals surface area contributed by atoms with Crippen LogP contribution in [-0.2, 0) is 9.53 Å². The molecule has 1 heterocycles. The van der Waals surface area contributed by atoms with E-state index in [9.17, 15) is 9.59 Å². The summed E-state index contributed by atoms with van der Waals surface area (Å²) in [7, 11) is 0. The quantitative estimate of drug-likeness (QED) is 0.753. The number of nitrogens with zero attached hydrogens (tertiary/aromatic N) is 4. The highest BCUT2D eigenvalue weighted by Gasteiger charge is 2.18. The highest BCUT2D eigenvalue weighted by molar-refractivity contribution is 5.96. The normalized spacial score (nSPS) is 9.83. The Hall–Kier alpha value is -3.27. The Morgan fingerprint density at radius 3 is 2.62 bits per heavy atom. The third-order valence-electron chi connectivity index (χ3n) is 3.19. The highest BCUT2D eigenvalue weighted by atomic mass is 16.5. The van der Waals surface area contributed by atoms with Crippen LogP contribution in [0.15, 0.2) is 42.9 Å². The topological polar surface area (TPSA) is 96.2 Å². The van der Waals surface area contributed by atoms with Crippen LogP contribution in [0, 0.1) is 18.3 Å². The number of benzene rings is 1. The molecule has 0 bridgehead atoms. The predicted molar refractivity (Wildman–Crippen MR) is 86.1 cm³/mol. The van der Waals surface area contributed by atoms with Gasteiger partial charge in [-0.15, -0.1) is 0 Å². The number of carbonyl (C=O) groups is 2. The van der Waals surface area contributed by atoms with Gasteiger partial charge in [-0.25, -0.2) is 9.78 Å². The van der Waals surface area contributed by atoms with Crippen molar-refractivity contribution in [1.82, 2.24) is 9.97 Å². The fourth-order valence-electron chi connectivity index (χ4n) is 1.97. The van der Waals surface area contributed by atoms with Crippen molar-refractivity contribution >= 4 is 17.6 Å². The zero-order chi connectivity index (χ0) is 17.4. The molecule has 0 N–H and O–H groups in total. The smallest absolute Gasteiger partial charge is 0.359 e. The Bertz CT molecular complexity index is 739. The number of nitriles is 1. The SMILES string of the molecule is Cc1ccc(N(CCC#N)C(=O)COC(=O)c2cnccn2)cc1. The molecule has 2 rings (SSSR count). The van der Waals surface area contributed by atoms with E-state index in [1.165, 1.54) is 23.5 Å². The average Bonchev–Trinajstić information content (AvgIpc) is 2.62. The van der Waals surface area contributed by atoms with E-state index in [4.69, 9.17) is 10.00 Å². The maximum atomic E-state index is 12.4. The van der Waals surface area contributed by atoms with Gasteiger partial charge in [-0.2, -0.15) is 5.26 Å². The second kappa shape index (κ2) is 8.39. The van der Waals surface area contributed by atoms with Crippen molar-refractivity contribution in [2.75, 3.05) is 18.1 Å². The summed E-state index contributed by atoms with van der Waals surface area (Å²) in [6, 6.07) is 9.32. The fraction of sp³-hybridized carbons (Fsp3) is 0.235. The summed E-state index contributed by atoms with van der Waals surface area (Å²) in [5.41, 5.74) is 1.74. The van der Waals surface area contributed by atoms with E-state index < -0.39 is 18.5 Å². The van der Waals surface area contributed by atoms with Crippen LogP contribution >= 0.6 is 0 Å². The van der Waals surface area contributed by atoms with Gasteiger partial charge in [0.1, 0.15) is 0 Å². The monoisotopic (exact) mass is 324 g/mol. The first-order valence-electron chi connectivity index (χ1n) is 7.29. The minimum Gasteiger partial charge on any atom is -0.451 e. The molecule has 24 heavy (non-hydrogen) atoms. The number of ether oxygens (including phenoxy) is 1. The molecule has 7 nitrogen and oxygen atoms in total. The second-order valence-corrected chi connectivity index (χ2v) is 4.96. The largest absolute Gasteiger partial charge is 0.451 e. The molecule has 0 aliphatic rings. The first-order valence-corrected chi connectivity index (χ1v) is 7.29. The van der Waals surface area contributed by atoms with Crippen molar-refractivity contribution in [2.45, 2.75) is 13.3 Å². The minimum absolute atomic E-state index is 0.0317. The van der Waals surface area contributed by atoms with Crippen LogP contribution in [-0.4, -0.2) is 35.0 Å². The van der Waals surface area contributed by atoms with E-state index in [1.54, 1.807) is 12.1 Å². The third kappa shape index (κ3) is 4.61. The number of hydrogen-bond donors (Lipinski definition) is 0. The zero-order valence-corrected chi connectivity index (χ0v) is 13.2. The molecule has 7 heteroatoms. The molecule has 0 saturated carbocycles. The average molecular weight is 324 g/mol. The van der Waals surface area contributed by atoms with E-state index in [1.807, 2.05) is 25.1 Å². The fourth-order valence-corrected chi connectivity index (χ4v) is 1.97. The molecule has 0 atom stereocenters. The molecule has 0 saturated heterocycles. The maximum Gasteiger partial charge on any atom is 0.359 e. The highest BCUT2D eigenvalue weighted by Crippen LogP contribution is 2.16. The number of aromatic nitrogens is 2. The van der Waals surface area contributed by atoms with Crippen LogP contribution in [0.5, 0.6) is 0 Å². The first-order chi connectivity index (χ1) is 11.6. The molecule has 0 radical (unpaired) electrons. The standard InChI is InChI=1S/C17H16N4O3/c1-13-3-5-14(6-4-13)21(10-2-7-18)16(22)12-24-17(23)15-11-19-8-9-20-15/h3-6,8-9,11H,2,10,12H2,1H3. The van der Waals surface area contributed by atoms with Gasteiger partial charge in [0.05, 0.1) is 18.7 Å². The number of anilines is 1. The number of carbonyl (C=O) groups excluding carboxylic acids is 2. The van der Waals surface area contributed by atoms with Crippen LogP contribution in [0.25, 0.3) is 0 Å². The summed E-state index contributed by atoms with van der Waals surface area (Å²) in [4.78, 5) is 33.2. The summed E-state index contributed by atoms with van der Waals surface area (Å²) in [5.74, 6) is -1.13. The van der Waals surface area contributed by atoms with Crippen molar-refractivity contribution in [2.24, 2.45) is 0 Å². The molecule has 122 valence electrons. The number of aryl methyl sites for hydroxylation is 1. The van der Waals surface area contributed by atoms with Crippen LogP contribution in [0.4, 0.5) is 5.69 Å². The van der Waals surface area contributed by atoms with E-state index in [0.29, 0.717) is 5.69 Å². The van der Waals surface area contributed by atoms with Crippen molar-refractivity contribution in [3.8, 4) is 6.07 Å². The molecule has 0 unspecified atom stereocenters. The van der Waals surface area contributed by atoms with Gasteiger partial charge in [-0.1, -0.05) is 17.7 Å². The van der Waals surface area contributed by atoms with Crippen LogP contribution < -0.4 is 4.90 Å². The lowest BCUT2D eigenvalue weighted by Crippen LogP contribution is -2.35. The summed E-state index contributed by atoms with van der Waals surface area (Å²) in [6.07, 6.45) is 4.24. The van der Waals surface area contributed by atoms with E-state index >= 15 is 0 Å². The lowest BCUT2D eigenvalue weighted by atomic mass is 10.2. The molecule has 0 aliphatic heterocycles. The van der Waals surface area contributed by atoms with Crippen LogP contribution in [0.3, 0.4) is 0 Å². The van der Waals surface area contributed by atoms with Crippen LogP contribution in [0.1, 0.15) is 22.5 Å². The van der Waals surface area contributed by atoms with E-state index in [-0.39, 0.29) is 18.7 Å². The van der Waals surface area contributed by atoms with Gasteiger partial charge in [0.2, 0.25) is 0 Å². The van der Waals surface area contributed by atoms with Gasteiger partial charge >= 0.3 is 5.97 Å². The molecule has 1 aromatic heterocycles. The lowest BCUT2D eigenvalue weighted by molar-refractivity contribution is -0.121. The predicted octanol–water partition coefficient (Wildman–Crippen LogP) is 1.89. The molecule has 0 aliphatic carbocycles. The molecular weight excluding hydrogens is 308 g/mol.